The minimum Gasteiger partial charge on any atom is -0.217 e. The molecule has 0 fully saturated rings. The normalized spacial score (nSPS) is 11.3. The van der Waals surface area contributed by atoms with Crippen LogP contribution in [-0.4, -0.2) is 20.4 Å². The molecule has 0 radical (unpaired) electrons. The lowest BCUT2D eigenvalue weighted by atomic mass is 10.1. The summed E-state index contributed by atoms with van der Waals surface area (Å²) in [5.41, 5.74) is 3.12. The maximum absolute atomic E-state index is 5.91. The van der Waals surface area contributed by atoms with E-state index >= 15 is 0 Å². The molecule has 6 heteroatoms. The molecule has 3 rings (SSSR count). The van der Waals surface area contributed by atoms with E-state index in [1.54, 1.807) is 23.1 Å². The third-order valence-electron chi connectivity index (χ3n) is 2.79. The topological polar surface area (TPSA) is 30.2 Å². The molecular weight excluding hydrogens is 298 g/mol. The first-order valence-electron chi connectivity index (χ1n) is 5.94. The minimum absolute atomic E-state index is 0.738. The number of rotatable bonds is 3. The second-order valence-electron chi connectivity index (χ2n) is 4.05. The van der Waals surface area contributed by atoms with Crippen LogP contribution in [-0.2, 0) is 0 Å². The highest BCUT2D eigenvalue weighted by atomic mass is 35.5. The standard InChI is InChI=1S/C13H12ClN3S2/c1-3-18-13-16-17-8(2)11(15-12(17)19-13)9-4-6-10(14)7-5-9/h4-7H,3H2,1-2H3. The summed E-state index contributed by atoms with van der Waals surface area (Å²) in [5.74, 6) is 1.03. The largest absolute Gasteiger partial charge is 0.217 e. The van der Waals surface area contributed by atoms with Gasteiger partial charge >= 0.3 is 0 Å². The van der Waals surface area contributed by atoms with Crippen LogP contribution >= 0.6 is 34.7 Å². The first-order chi connectivity index (χ1) is 9.19. The molecule has 19 heavy (non-hydrogen) atoms. The SMILES string of the molecule is CCSc1nn2c(C)c(-c3ccc(Cl)cc3)nc2s1. The summed E-state index contributed by atoms with van der Waals surface area (Å²) in [4.78, 5) is 5.62. The average molecular weight is 310 g/mol. The zero-order chi connectivity index (χ0) is 13.4. The van der Waals surface area contributed by atoms with Crippen molar-refractivity contribution in [1.82, 2.24) is 14.6 Å². The highest BCUT2D eigenvalue weighted by molar-refractivity contribution is 8.01. The number of nitrogens with zero attached hydrogens (tertiary/aromatic N) is 3. The molecule has 2 aromatic heterocycles. The number of aromatic nitrogens is 3. The van der Waals surface area contributed by atoms with E-state index in [0.717, 1.165) is 37.0 Å². The summed E-state index contributed by atoms with van der Waals surface area (Å²) < 4.78 is 2.99. The van der Waals surface area contributed by atoms with Crippen LogP contribution in [0.25, 0.3) is 16.2 Å². The van der Waals surface area contributed by atoms with Gasteiger partial charge in [0.2, 0.25) is 4.96 Å². The Morgan fingerprint density at radius 3 is 2.68 bits per heavy atom. The Labute approximate surface area is 124 Å². The van der Waals surface area contributed by atoms with Gasteiger partial charge < -0.3 is 0 Å². The average Bonchev–Trinajstić information content (AvgIpc) is 2.91. The predicted octanol–water partition coefficient (Wildman–Crippen LogP) is 4.53. The zero-order valence-electron chi connectivity index (χ0n) is 10.6. The van der Waals surface area contributed by atoms with Gasteiger partial charge in [-0.2, -0.15) is 0 Å². The predicted molar refractivity (Wildman–Crippen MR) is 82.4 cm³/mol. The fourth-order valence-electron chi connectivity index (χ4n) is 1.89. The van der Waals surface area contributed by atoms with Gasteiger partial charge in [0.05, 0.1) is 11.4 Å². The van der Waals surface area contributed by atoms with Crippen LogP contribution in [0.4, 0.5) is 0 Å². The van der Waals surface area contributed by atoms with Gasteiger partial charge in [-0.25, -0.2) is 9.50 Å². The maximum atomic E-state index is 5.91. The van der Waals surface area contributed by atoms with E-state index in [2.05, 4.69) is 17.0 Å². The van der Waals surface area contributed by atoms with E-state index in [1.165, 1.54) is 0 Å². The van der Waals surface area contributed by atoms with Gasteiger partial charge in [-0.15, -0.1) is 5.10 Å². The van der Waals surface area contributed by atoms with Crippen molar-refractivity contribution in [2.24, 2.45) is 0 Å². The van der Waals surface area contributed by atoms with Gasteiger partial charge in [-0.1, -0.05) is 53.8 Å². The molecular formula is C13H12ClN3S2. The van der Waals surface area contributed by atoms with Gasteiger partial charge in [-0.05, 0) is 24.8 Å². The lowest BCUT2D eigenvalue weighted by Crippen LogP contribution is -1.89. The molecule has 0 amide bonds. The lowest BCUT2D eigenvalue weighted by molar-refractivity contribution is 0.883. The quantitative estimate of drug-likeness (QED) is 0.666. The van der Waals surface area contributed by atoms with Crippen molar-refractivity contribution < 1.29 is 0 Å². The Hall–Kier alpha value is -1.04. The van der Waals surface area contributed by atoms with E-state index in [1.807, 2.05) is 35.7 Å². The molecule has 0 unspecified atom stereocenters. The second kappa shape index (κ2) is 5.15. The molecule has 0 bridgehead atoms. The summed E-state index contributed by atoms with van der Waals surface area (Å²) in [6.07, 6.45) is 0. The van der Waals surface area contributed by atoms with Crippen molar-refractivity contribution >= 4 is 39.7 Å². The van der Waals surface area contributed by atoms with Gasteiger partial charge in [0.25, 0.3) is 0 Å². The first kappa shape index (κ1) is 13.0. The summed E-state index contributed by atoms with van der Waals surface area (Å²) >= 11 is 9.29. The Morgan fingerprint density at radius 1 is 1.32 bits per heavy atom. The summed E-state index contributed by atoms with van der Waals surface area (Å²) in [5, 5.41) is 5.31. The lowest BCUT2D eigenvalue weighted by Gasteiger charge is -1.99. The second-order valence-corrected chi connectivity index (χ2v) is 6.95. The Balaban J connectivity index is 2.07. The van der Waals surface area contributed by atoms with Gasteiger partial charge in [0, 0.05) is 10.6 Å². The molecule has 0 saturated heterocycles. The monoisotopic (exact) mass is 309 g/mol. The van der Waals surface area contributed by atoms with Crippen LogP contribution in [0.5, 0.6) is 0 Å². The fraction of sp³-hybridized carbons (Fsp3) is 0.231. The Bertz CT molecular complexity index is 715. The summed E-state index contributed by atoms with van der Waals surface area (Å²) in [6.45, 7) is 4.17. The first-order valence-corrected chi connectivity index (χ1v) is 8.12. The van der Waals surface area contributed by atoms with Crippen LogP contribution in [0.2, 0.25) is 5.02 Å². The van der Waals surface area contributed by atoms with Gasteiger partial charge in [0.1, 0.15) is 0 Å². The van der Waals surface area contributed by atoms with Crippen LogP contribution in [0.3, 0.4) is 0 Å². The minimum atomic E-state index is 0.738. The number of benzene rings is 1. The molecule has 2 heterocycles. The van der Waals surface area contributed by atoms with E-state index in [4.69, 9.17) is 11.6 Å². The highest BCUT2D eigenvalue weighted by Crippen LogP contribution is 2.30. The molecule has 1 aromatic carbocycles. The summed E-state index contributed by atoms with van der Waals surface area (Å²) in [6, 6.07) is 7.75. The van der Waals surface area contributed by atoms with Crippen LogP contribution in [0.15, 0.2) is 28.6 Å². The van der Waals surface area contributed by atoms with Crippen LogP contribution in [0.1, 0.15) is 12.6 Å². The summed E-state index contributed by atoms with van der Waals surface area (Å²) in [7, 11) is 0. The number of hydrogen-bond donors (Lipinski definition) is 0. The number of thioether (sulfide) groups is 1. The van der Waals surface area contributed by atoms with Crippen molar-refractivity contribution in [2.75, 3.05) is 5.75 Å². The third kappa shape index (κ3) is 2.38. The molecule has 0 atom stereocenters. The van der Waals surface area contributed by atoms with Crippen molar-refractivity contribution in [3.05, 3.63) is 35.0 Å². The molecule has 0 N–H and O–H groups in total. The Kier molecular flexibility index (Phi) is 3.52. The van der Waals surface area contributed by atoms with Crippen molar-refractivity contribution in [2.45, 2.75) is 18.2 Å². The van der Waals surface area contributed by atoms with Gasteiger partial charge in [0.15, 0.2) is 4.34 Å². The van der Waals surface area contributed by atoms with Crippen molar-refractivity contribution in [3.8, 4) is 11.3 Å². The molecule has 0 saturated carbocycles. The third-order valence-corrected chi connectivity index (χ3v) is 4.97. The number of imidazole rings is 1. The van der Waals surface area contributed by atoms with Gasteiger partial charge in [-0.3, -0.25) is 0 Å². The molecule has 98 valence electrons. The molecule has 3 nitrogen and oxygen atoms in total. The van der Waals surface area contributed by atoms with Crippen LogP contribution < -0.4 is 0 Å². The molecule has 0 spiro atoms. The zero-order valence-corrected chi connectivity index (χ0v) is 12.9. The van der Waals surface area contributed by atoms with Crippen molar-refractivity contribution in [1.29, 1.82) is 0 Å². The number of halogens is 1. The van der Waals surface area contributed by atoms with E-state index in [9.17, 15) is 0 Å². The van der Waals surface area contributed by atoms with Crippen LogP contribution in [0, 0.1) is 6.92 Å². The van der Waals surface area contributed by atoms with Crippen molar-refractivity contribution in [3.63, 3.8) is 0 Å². The highest BCUT2D eigenvalue weighted by Gasteiger charge is 2.14. The number of aryl methyl sites for hydroxylation is 1. The maximum Gasteiger partial charge on any atom is 0.213 e. The van der Waals surface area contributed by atoms with E-state index in [-0.39, 0.29) is 0 Å². The molecule has 3 aromatic rings. The fourth-order valence-corrected chi connectivity index (χ4v) is 3.90. The number of hydrogen-bond acceptors (Lipinski definition) is 4. The molecule has 0 aliphatic rings. The Morgan fingerprint density at radius 2 is 2.05 bits per heavy atom. The smallest absolute Gasteiger partial charge is 0.213 e. The van der Waals surface area contributed by atoms with E-state index in [0.29, 0.717) is 0 Å². The molecule has 0 aliphatic heterocycles. The molecule has 0 aliphatic carbocycles. The number of fused-ring (bicyclic) bond motifs is 1. The van der Waals surface area contributed by atoms with E-state index < -0.39 is 0 Å².